The summed E-state index contributed by atoms with van der Waals surface area (Å²) in [4.78, 5) is 9.00. The van der Waals surface area contributed by atoms with Crippen LogP contribution in [0.4, 0.5) is 5.95 Å². The average Bonchev–Trinajstić information content (AvgIpc) is 2.65. The number of nitrogens with one attached hydrogen (secondary N) is 1. The molecule has 2 atom stereocenters. The van der Waals surface area contributed by atoms with Gasteiger partial charge in [0.05, 0.1) is 19.3 Å². The van der Waals surface area contributed by atoms with Crippen LogP contribution in [0.2, 0.25) is 0 Å². The summed E-state index contributed by atoms with van der Waals surface area (Å²) in [5.41, 5.74) is 3.03. The maximum absolute atomic E-state index is 9.13. The van der Waals surface area contributed by atoms with E-state index in [0.29, 0.717) is 19.2 Å². The first-order valence-electron chi connectivity index (χ1n) is 8.73. The molecular weight excluding hydrogens is 318 g/mol. The molecule has 1 saturated heterocycles. The van der Waals surface area contributed by atoms with Crippen LogP contribution in [-0.4, -0.2) is 40.4 Å². The number of hydrogen-bond acceptors (Lipinski definition) is 6. The van der Waals surface area contributed by atoms with Gasteiger partial charge in [0.2, 0.25) is 5.95 Å². The second-order valence-corrected chi connectivity index (χ2v) is 6.25. The highest BCUT2D eigenvalue weighted by molar-refractivity contribution is 5.32. The molecule has 0 amide bonds. The van der Waals surface area contributed by atoms with Crippen LogP contribution >= 0.6 is 0 Å². The van der Waals surface area contributed by atoms with Gasteiger partial charge in [-0.1, -0.05) is 19.1 Å². The SMILES string of the molecule is CCc1nc(N[C@@H]2CCOC[C@H]2Oc2ccc(CO)cc2)ncc1C. The predicted octanol–water partition coefficient (Wildman–Crippen LogP) is 2.49. The normalized spacial score (nSPS) is 20.3. The smallest absolute Gasteiger partial charge is 0.223 e. The number of aromatic nitrogens is 2. The van der Waals surface area contributed by atoms with Gasteiger partial charge in [0.1, 0.15) is 11.9 Å². The van der Waals surface area contributed by atoms with Crippen molar-refractivity contribution in [3.63, 3.8) is 0 Å². The fourth-order valence-corrected chi connectivity index (χ4v) is 2.91. The zero-order valence-electron chi connectivity index (χ0n) is 14.7. The van der Waals surface area contributed by atoms with Gasteiger partial charge < -0.3 is 19.9 Å². The molecule has 2 aromatic rings. The molecule has 3 rings (SSSR count). The molecule has 134 valence electrons. The summed E-state index contributed by atoms with van der Waals surface area (Å²) in [5.74, 6) is 1.40. The number of aliphatic hydroxyl groups is 1. The molecular formula is C19H25N3O3. The van der Waals surface area contributed by atoms with Gasteiger partial charge in [-0.3, -0.25) is 0 Å². The molecule has 0 saturated carbocycles. The van der Waals surface area contributed by atoms with Crippen LogP contribution in [0, 0.1) is 6.92 Å². The number of nitrogens with zero attached hydrogens (tertiary/aromatic N) is 2. The third-order valence-corrected chi connectivity index (χ3v) is 4.42. The van der Waals surface area contributed by atoms with E-state index in [1.807, 2.05) is 37.4 Å². The molecule has 0 unspecified atom stereocenters. The van der Waals surface area contributed by atoms with Crippen molar-refractivity contribution in [2.24, 2.45) is 0 Å². The number of aliphatic hydroxyl groups excluding tert-OH is 1. The first kappa shape index (κ1) is 17.6. The summed E-state index contributed by atoms with van der Waals surface area (Å²) < 4.78 is 11.7. The molecule has 0 bridgehead atoms. The van der Waals surface area contributed by atoms with E-state index in [1.54, 1.807) is 0 Å². The highest BCUT2D eigenvalue weighted by Gasteiger charge is 2.28. The van der Waals surface area contributed by atoms with Crippen LogP contribution in [0.25, 0.3) is 0 Å². The molecule has 1 fully saturated rings. The second kappa shape index (κ2) is 8.27. The Balaban J connectivity index is 1.69. The first-order valence-corrected chi connectivity index (χ1v) is 8.73. The molecule has 0 spiro atoms. The zero-order chi connectivity index (χ0) is 17.6. The summed E-state index contributed by atoms with van der Waals surface area (Å²) in [6.07, 6.45) is 3.45. The standard InChI is InChI=1S/C19H25N3O3/c1-3-16-13(2)10-20-19(21-16)22-17-8-9-24-12-18(17)25-15-6-4-14(11-23)5-7-15/h4-7,10,17-18,23H,3,8-9,11-12H2,1-2H3,(H,20,21,22)/t17-,18-/m1/s1. The fourth-order valence-electron chi connectivity index (χ4n) is 2.91. The minimum absolute atomic E-state index is 0.0293. The summed E-state index contributed by atoms with van der Waals surface area (Å²) >= 11 is 0. The van der Waals surface area contributed by atoms with Gasteiger partial charge in [-0.25, -0.2) is 9.97 Å². The Labute approximate surface area is 148 Å². The first-order chi connectivity index (χ1) is 12.2. The Hall–Kier alpha value is -2.18. The maximum atomic E-state index is 9.13. The molecule has 2 heterocycles. The third kappa shape index (κ3) is 4.46. The topological polar surface area (TPSA) is 76.5 Å². The van der Waals surface area contributed by atoms with E-state index in [2.05, 4.69) is 22.2 Å². The number of rotatable bonds is 6. The number of hydrogen-bond donors (Lipinski definition) is 2. The highest BCUT2D eigenvalue weighted by Crippen LogP contribution is 2.21. The predicted molar refractivity (Wildman–Crippen MR) is 95.8 cm³/mol. The minimum Gasteiger partial charge on any atom is -0.486 e. The fraction of sp³-hybridized carbons (Fsp3) is 0.474. The Bertz CT molecular complexity index is 691. The van der Waals surface area contributed by atoms with Crippen LogP contribution in [-0.2, 0) is 17.8 Å². The molecule has 25 heavy (non-hydrogen) atoms. The van der Waals surface area contributed by atoms with Gasteiger partial charge in [0.15, 0.2) is 0 Å². The largest absolute Gasteiger partial charge is 0.486 e. The van der Waals surface area contributed by atoms with E-state index in [-0.39, 0.29) is 18.8 Å². The molecule has 0 aliphatic carbocycles. The lowest BCUT2D eigenvalue weighted by molar-refractivity contribution is -0.000725. The van der Waals surface area contributed by atoms with Gasteiger partial charge >= 0.3 is 0 Å². The van der Waals surface area contributed by atoms with Gasteiger partial charge in [0.25, 0.3) is 0 Å². The van der Waals surface area contributed by atoms with E-state index in [4.69, 9.17) is 14.6 Å². The zero-order valence-corrected chi connectivity index (χ0v) is 14.7. The van der Waals surface area contributed by atoms with Crippen molar-refractivity contribution in [2.75, 3.05) is 18.5 Å². The van der Waals surface area contributed by atoms with Crippen LogP contribution in [0.3, 0.4) is 0 Å². The van der Waals surface area contributed by atoms with Crippen molar-refractivity contribution in [3.8, 4) is 5.75 Å². The summed E-state index contributed by atoms with van der Waals surface area (Å²) in [6.45, 7) is 5.36. The Morgan fingerprint density at radius 3 is 2.84 bits per heavy atom. The lowest BCUT2D eigenvalue weighted by Gasteiger charge is -2.32. The maximum Gasteiger partial charge on any atom is 0.223 e. The van der Waals surface area contributed by atoms with Crippen molar-refractivity contribution in [1.82, 2.24) is 9.97 Å². The number of ether oxygens (including phenoxy) is 2. The second-order valence-electron chi connectivity index (χ2n) is 6.25. The van der Waals surface area contributed by atoms with E-state index < -0.39 is 0 Å². The van der Waals surface area contributed by atoms with Crippen molar-refractivity contribution in [3.05, 3.63) is 47.3 Å². The van der Waals surface area contributed by atoms with E-state index >= 15 is 0 Å². The van der Waals surface area contributed by atoms with E-state index in [1.165, 1.54) is 0 Å². The number of aryl methyl sites for hydroxylation is 2. The van der Waals surface area contributed by atoms with Gasteiger partial charge in [0, 0.05) is 18.5 Å². The molecule has 1 aromatic carbocycles. The summed E-state index contributed by atoms with van der Waals surface area (Å²) in [5, 5.41) is 12.5. The van der Waals surface area contributed by atoms with Crippen molar-refractivity contribution in [1.29, 1.82) is 0 Å². The van der Waals surface area contributed by atoms with Gasteiger partial charge in [-0.2, -0.15) is 0 Å². The molecule has 6 nitrogen and oxygen atoms in total. The Morgan fingerprint density at radius 1 is 1.32 bits per heavy atom. The third-order valence-electron chi connectivity index (χ3n) is 4.42. The molecule has 1 aliphatic heterocycles. The average molecular weight is 343 g/mol. The number of benzene rings is 1. The monoisotopic (exact) mass is 343 g/mol. The molecule has 0 radical (unpaired) electrons. The van der Waals surface area contributed by atoms with Gasteiger partial charge in [-0.15, -0.1) is 0 Å². The highest BCUT2D eigenvalue weighted by atomic mass is 16.5. The van der Waals surface area contributed by atoms with Crippen LogP contribution in [0.5, 0.6) is 5.75 Å². The molecule has 6 heteroatoms. The van der Waals surface area contributed by atoms with E-state index in [9.17, 15) is 0 Å². The molecule has 1 aliphatic rings. The van der Waals surface area contributed by atoms with Crippen LogP contribution in [0.1, 0.15) is 30.2 Å². The lowest BCUT2D eigenvalue weighted by Crippen LogP contribution is -2.46. The van der Waals surface area contributed by atoms with Crippen molar-refractivity contribution < 1.29 is 14.6 Å². The van der Waals surface area contributed by atoms with Crippen molar-refractivity contribution >= 4 is 5.95 Å². The van der Waals surface area contributed by atoms with E-state index in [0.717, 1.165) is 35.4 Å². The lowest BCUT2D eigenvalue weighted by atomic mass is 10.1. The quantitative estimate of drug-likeness (QED) is 0.839. The number of anilines is 1. The Morgan fingerprint density at radius 2 is 2.12 bits per heavy atom. The van der Waals surface area contributed by atoms with Crippen molar-refractivity contribution in [2.45, 2.75) is 45.4 Å². The summed E-state index contributed by atoms with van der Waals surface area (Å²) in [6, 6.07) is 7.54. The van der Waals surface area contributed by atoms with Crippen LogP contribution < -0.4 is 10.1 Å². The minimum atomic E-state index is -0.122. The van der Waals surface area contributed by atoms with Gasteiger partial charge in [-0.05, 0) is 43.0 Å². The molecule has 2 N–H and O–H groups in total. The Kier molecular flexibility index (Phi) is 5.83. The van der Waals surface area contributed by atoms with Crippen LogP contribution in [0.15, 0.2) is 30.5 Å². The summed E-state index contributed by atoms with van der Waals surface area (Å²) in [7, 11) is 0. The molecule has 1 aromatic heterocycles.